The zero-order valence-corrected chi connectivity index (χ0v) is 13.6. The molecule has 116 valence electrons. The molecule has 2 atom stereocenters. The monoisotopic (exact) mass is 316 g/mol. The number of nitrogens with one attached hydrogen (secondary N) is 1. The topological polar surface area (TPSA) is 32.3 Å². The molecule has 0 saturated heterocycles. The van der Waals surface area contributed by atoms with E-state index in [0.29, 0.717) is 0 Å². The second-order valence-electron chi connectivity index (χ2n) is 5.44. The molecule has 0 bridgehead atoms. The Morgan fingerprint density at radius 1 is 1.14 bits per heavy atom. The summed E-state index contributed by atoms with van der Waals surface area (Å²) in [7, 11) is 2.06. The van der Waals surface area contributed by atoms with Crippen LogP contribution in [0.3, 0.4) is 0 Å². The van der Waals surface area contributed by atoms with Gasteiger partial charge in [-0.3, -0.25) is 4.79 Å². The molecule has 4 heteroatoms. The van der Waals surface area contributed by atoms with E-state index in [4.69, 9.17) is 11.6 Å². The number of carbonyl (C=O) groups excluding carboxylic acids is 1. The van der Waals surface area contributed by atoms with Gasteiger partial charge in [0.15, 0.2) is 0 Å². The lowest BCUT2D eigenvalue weighted by molar-refractivity contribution is -0.110. The molecular formula is C18H21ClN2O. The number of halogens is 1. The van der Waals surface area contributed by atoms with Crippen molar-refractivity contribution in [2.75, 3.05) is 11.9 Å². The molecule has 2 unspecified atom stereocenters. The van der Waals surface area contributed by atoms with E-state index in [-0.39, 0.29) is 12.1 Å². The second-order valence-corrected chi connectivity index (χ2v) is 5.87. The van der Waals surface area contributed by atoms with Gasteiger partial charge in [-0.05, 0) is 43.2 Å². The first-order chi connectivity index (χ1) is 10.6. The van der Waals surface area contributed by atoms with E-state index in [1.54, 1.807) is 0 Å². The van der Waals surface area contributed by atoms with Crippen molar-refractivity contribution in [3.8, 4) is 0 Å². The summed E-state index contributed by atoms with van der Waals surface area (Å²) < 4.78 is 0. The van der Waals surface area contributed by atoms with Gasteiger partial charge in [0, 0.05) is 23.8 Å². The SMILES string of the molecule is CC(CC(c1ccccc1)N(C)c1ccc(Cl)cc1)NC=O. The van der Waals surface area contributed by atoms with Gasteiger partial charge in [-0.15, -0.1) is 0 Å². The summed E-state index contributed by atoms with van der Waals surface area (Å²) in [4.78, 5) is 12.9. The number of hydrogen-bond donors (Lipinski definition) is 1. The summed E-state index contributed by atoms with van der Waals surface area (Å²) in [6.07, 6.45) is 1.58. The van der Waals surface area contributed by atoms with E-state index in [9.17, 15) is 4.79 Å². The van der Waals surface area contributed by atoms with Crippen molar-refractivity contribution >= 4 is 23.7 Å². The smallest absolute Gasteiger partial charge is 0.207 e. The van der Waals surface area contributed by atoms with Crippen LogP contribution in [0, 0.1) is 0 Å². The van der Waals surface area contributed by atoms with Crippen LogP contribution in [0.5, 0.6) is 0 Å². The van der Waals surface area contributed by atoms with Crippen LogP contribution in [0.2, 0.25) is 5.02 Å². The minimum Gasteiger partial charge on any atom is -0.367 e. The maximum atomic E-state index is 10.7. The van der Waals surface area contributed by atoms with Crippen LogP contribution >= 0.6 is 11.6 Å². The fraction of sp³-hybridized carbons (Fsp3) is 0.278. The Hall–Kier alpha value is -2.00. The minimum atomic E-state index is 0.0949. The van der Waals surface area contributed by atoms with Crippen molar-refractivity contribution in [1.29, 1.82) is 0 Å². The van der Waals surface area contributed by atoms with Gasteiger partial charge in [-0.25, -0.2) is 0 Å². The molecule has 0 spiro atoms. The molecule has 3 nitrogen and oxygen atoms in total. The Morgan fingerprint density at radius 3 is 2.36 bits per heavy atom. The lowest BCUT2D eigenvalue weighted by Crippen LogP contribution is -2.32. The predicted octanol–water partition coefficient (Wildman–Crippen LogP) is 4.04. The standard InChI is InChI=1S/C18H21ClN2O/c1-14(20-13-22)12-18(15-6-4-3-5-7-15)21(2)17-10-8-16(19)9-11-17/h3-11,13-14,18H,12H2,1-2H3,(H,20,22). The van der Waals surface area contributed by atoms with Gasteiger partial charge < -0.3 is 10.2 Å². The molecule has 2 aromatic rings. The molecule has 1 amide bonds. The molecule has 0 fully saturated rings. The molecule has 0 aliphatic heterocycles. The molecule has 22 heavy (non-hydrogen) atoms. The van der Waals surface area contributed by atoms with E-state index >= 15 is 0 Å². The Morgan fingerprint density at radius 2 is 1.77 bits per heavy atom. The highest BCUT2D eigenvalue weighted by Crippen LogP contribution is 2.30. The van der Waals surface area contributed by atoms with Crippen LogP contribution in [-0.4, -0.2) is 19.5 Å². The molecule has 0 aliphatic rings. The molecule has 1 N–H and O–H groups in total. The minimum absolute atomic E-state index is 0.0949. The first kappa shape index (κ1) is 16.4. The molecule has 0 aromatic heterocycles. The number of amides is 1. The van der Waals surface area contributed by atoms with Crippen LogP contribution < -0.4 is 10.2 Å². The van der Waals surface area contributed by atoms with Crippen LogP contribution in [-0.2, 0) is 4.79 Å². The van der Waals surface area contributed by atoms with Crippen LogP contribution in [0.25, 0.3) is 0 Å². The molecule has 2 aromatic carbocycles. The maximum Gasteiger partial charge on any atom is 0.207 e. The van der Waals surface area contributed by atoms with Crippen molar-refractivity contribution in [3.63, 3.8) is 0 Å². The zero-order valence-electron chi connectivity index (χ0n) is 12.9. The summed E-state index contributed by atoms with van der Waals surface area (Å²) in [6.45, 7) is 2.01. The molecule has 0 radical (unpaired) electrons. The van der Waals surface area contributed by atoms with Crippen LogP contribution in [0.1, 0.15) is 24.9 Å². The predicted molar refractivity (Wildman–Crippen MR) is 92.3 cm³/mol. The Labute approximate surface area is 136 Å². The number of rotatable bonds is 7. The Kier molecular flexibility index (Phi) is 5.84. The summed E-state index contributed by atoms with van der Waals surface area (Å²) >= 11 is 5.97. The van der Waals surface area contributed by atoms with Crippen molar-refractivity contribution in [2.24, 2.45) is 0 Å². The molecule has 2 rings (SSSR count). The van der Waals surface area contributed by atoms with E-state index in [1.165, 1.54) is 5.56 Å². The average molecular weight is 317 g/mol. The first-order valence-electron chi connectivity index (χ1n) is 7.35. The summed E-state index contributed by atoms with van der Waals surface area (Å²) in [6, 6.07) is 18.4. The van der Waals surface area contributed by atoms with E-state index in [2.05, 4.69) is 29.4 Å². The highest BCUT2D eigenvalue weighted by atomic mass is 35.5. The van der Waals surface area contributed by atoms with Gasteiger partial charge in [0.2, 0.25) is 6.41 Å². The molecule has 0 aliphatic carbocycles. The normalized spacial score (nSPS) is 13.2. The lowest BCUT2D eigenvalue weighted by Gasteiger charge is -2.32. The average Bonchev–Trinajstić information content (AvgIpc) is 2.54. The van der Waals surface area contributed by atoms with Crippen molar-refractivity contribution in [1.82, 2.24) is 5.32 Å². The van der Waals surface area contributed by atoms with Crippen LogP contribution in [0.15, 0.2) is 54.6 Å². The highest BCUT2D eigenvalue weighted by molar-refractivity contribution is 6.30. The lowest BCUT2D eigenvalue weighted by atomic mass is 9.98. The third-order valence-corrected chi connectivity index (χ3v) is 4.07. The summed E-state index contributed by atoms with van der Waals surface area (Å²) in [5.74, 6) is 0. The van der Waals surface area contributed by atoms with E-state index in [1.807, 2.05) is 49.4 Å². The van der Waals surface area contributed by atoms with Gasteiger partial charge in [-0.1, -0.05) is 41.9 Å². The molecule has 0 saturated carbocycles. The van der Waals surface area contributed by atoms with Crippen molar-refractivity contribution < 1.29 is 4.79 Å². The third kappa shape index (κ3) is 4.25. The number of nitrogens with zero attached hydrogens (tertiary/aromatic N) is 1. The third-order valence-electron chi connectivity index (χ3n) is 3.82. The fourth-order valence-corrected chi connectivity index (χ4v) is 2.69. The van der Waals surface area contributed by atoms with Crippen LogP contribution in [0.4, 0.5) is 5.69 Å². The maximum absolute atomic E-state index is 10.7. The van der Waals surface area contributed by atoms with Crippen molar-refractivity contribution in [3.05, 3.63) is 65.2 Å². The summed E-state index contributed by atoms with van der Waals surface area (Å²) in [5.41, 5.74) is 2.32. The number of hydrogen-bond acceptors (Lipinski definition) is 2. The van der Waals surface area contributed by atoms with E-state index in [0.717, 1.165) is 23.5 Å². The Balaban J connectivity index is 2.26. The van der Waals surface area contributed by atoms with Gasteiger partial charge in [0.1, 0.15) is 0 Å². The fourth-order valence-electron chi connectivity index (χ4n) is 2.57. The van der Waals surface area contributed by atoms with Gasteiger partial charge in [0.25, 0.3) is 0 Å². The van der Waals surface area contributed by atoms with E-state index < -0.39 is 0 Å². The second kappa shape index (κ2) is 7.85. The first-order valence-corrected chi connectivity index (χ1v) is 7.72. The highest BCUT2D eigenvalue weighted by Gasteiger charge is 2.20. The molecular weight excluding hydrogens is 296 g/mol. The zero-order chi connectivity index (χ0) is 15.9. The largest absolute Gasteiger partial charge is 0.367 e. The van der Waals surface area contributed by atoms with Gasteiger partial charge in [-0.2, -0.15) is 0 Å². The quantitative estimate of drug-likeness (QED) is 0.782. The number of benzene rings is 2. The van der Waals surface area contributed by atoms with Gasteiger partial charge in [0.05, 0.1) is 6.04 Å². The Bertz CT molecular complexity index is 586. The summed E-state index contributed by atoms with van der Waals surface area (Å²) in [5, 5.41) is 3.56. The van der Waals surface area contributed by atoms with Gasteiger partial charge >= 0.3 is 0 Å². The molecule has 0 heterocycles. The number of anilines is 1. The number of carbonyl (C=O) groups is 1. The van der Waals surface area contributed by atoms with Crippen molar-refractivity contribution in [2.45, 2.75) is 25.4 Å².